The van der Waals surface area contributed by atoms with Crippen molar-refractivity contribution in [3.63, 3.8) is 0 Å². The molecule has 0 saturated carbocycles. The van der Waals surface area contributed by atoms with Gasteiger partial charge in [0.15, 0.2) is 11.5 Å². The Morgan fingerprint density at radius 1 is 1.05 bits per heavy atom. The molecule has 2 rings (SSSR count). The van der Waals surface area contributed by atoms with Crippen LogP contribution in [0.1, 0.15) is 10.4 Å². The van der Waals surface area contributed by atoms with Gasteiger partial charge in [-0.25, -0.2) is 4.39 Å². The number of aldehydes is 1. The van der Waals surface area contributed by atoms with Crippen LogP contribution < -0.4 is 14.2 Å². The van der Waals surface area contributed by atoms with Crippen molar-refractivity contribution >= 4 is 6.29 Å². The van der Waals surface area contributed by atoms with Gasteiger partial charge in [-0.2, -0.15) is 0 Å². The second-order valence-corrected chi connectivity index (χ2v) is 4.19. The van der Waals surface area contributed by atoms with E-state index in [1.807, 2.05) is 12.1 Å². The van der Waals surface area contributed by atoms with Gasteiger partial charge in [0, 0.05) is 11.6 Å². The van der Waals surface area contributed by atoms with Crippen LogP contribution >= 0.6 is 0 Å². The first kappa shape index (κ1) is 14.8. The van der Waals surface area contributed by atoms with E-state index < -0.39 is 5.82 Å². The third-order valence-electron chi connectivity index (χ3n) is 2.71. The van der Waals surface area contributed by atoms with Crippen molar-refractivity contribution in [3.8, 4) is 17.2 Å². The number of halogens is 1. The summed E-state index contributed by atoms with van der Waals surface area (Å²) in [5.74, 6) is 1.02. The molecule has 0 aliphatic heterocycles. The van der Waals surface area contributed by atoms with Crippen LogP contribution in [0, 0.1) is 5.82 Å². The molecule has 2 aromatic rings. The molecule has 0 amide bonds. The van der Waals surface area contributed by atoms with Gasteiger partial charge in [0.1, 0.15) is 31.1 Å². The largest absolute Gasteiger partial charge is 0.493 e. The first-order chi connectivity index (χ1) is 10.2. The first-order valence-corrected chi connectivity index (χ1v) is 6.37. The van der Waals surface area contributed by atoms with Crippen LogP contribution in [0.2, 0.25) is 0 Å². The molecule has 0 radical (unpaired) electrons. The molecule has 0 aliphatic carbocycles. The van der Waals surface area contributed by atoms with Crippen molar-refractivity contribution in [1.29, 1.82) is 0 Å². The Labute approximate surface area is 122 Å². The lowest BCUT2D eigenvalue weighted by Crippen LogP contribution is -2.09. The van der Waals surface area contributed by atoms with Crippen molar-refractivity contribution in [2.24, 2.45) is 0 Å². The highest BCUT2D eigenvalue weighted by molar-refractivity contribution is 5.75. The molecular weight excluding hydrogens is 275 g/mol. The quantitative estimate of drug-likeness (QED) is 0.580. The molecule has 21 heavy (non-hydrogen) atoms. The molecule has 0 saturated heterocycles. The number of rotatable bonds is 7. The zero-order chi connectivity index (χ0) is 15.1. The number of para-hydroxylation sites is 2. The minimum atomic E-state index is -0.514. The average Bonchev–Trinajstić information content (AvgIpc) is 2.51. The minimum absolute atomic E-state index is 0.222. The van der Waals surface area contributed by atoms with Gasteiger partial charge in [0.2, 0.25) is 0 Å². The molecule has 0 aromatic heterocycles. The van der Waals surface area contributed by atoms with Crippen LogP contribution in [-0.2, 0) is 0 Å². The van der Waals surface area contributed by atoms with Crippen molar-refractivity contribution in [3.05, 3.63) is 53.8 Å². The highest BCUT2D eigenvalue weighted by atomic mass is 19.1. The predicted molar refractivity (Wildman–Crippen MR) is 75.8 cm³/mol. The van der Waals surface area contributed by atoms with E-state index in [0.717, 1.165) is 6.07 Å². The van der Waals surface area contributed by atoms with E-state index in [-0.39, 0.29) is 18.8 Å². The van der Waals surface area contributed by atoms with Gasteiger partial charge in [-0.05, 0) is 24.3 Å². The lowest BCUT2D eigenvalue weighted by molar-refractivity contribution is 0.112. The summed E-state index contributed by atoms with van der Waals surface area (Å²) in [5, 5.41) is 0. The summed E-state index contributed by atoms with van der Waals surface area (Å²) in [4.78, 5) is 10.6. The van der Waals surface area contributed by atoms with Crippen molar-refractivity contribution in [1.82, 2.24) is 0 Å². The van der Waals surface area contributed by atoms with Crippen molar-refractivity contribution in [2.75, 3.05) is 20.3 Å². The zero-order valence-electron chi connectivity index (χ0n) is 11.5. The maximum atomic E-state index is 13.2. The van der Waals surface area contributed by atoms with E-state index in [0.29, 0.717) is 23.5 Å². The van der Waals surface area contributed by atoms with Gasteiger partial charge in [0.25, 0.3) is 0 Å². The Balaban J connectivity index is 1.87. The molecule has 5 heteroatoms. The average molecular weight is 290 g/mol. The first-order valence-electron chi connectivity index (χ1n) is 6.37. The maximum absolute atomic E-state index is 13.2. The van der Waals surface area contributed by atoms with Crippen LogP contribution in [-0.4, -0.2) is 26.6 Å². The lowest BCUT2D eigenvalue weighted by Gasteiger charge is -2.11. The summed E-state index contributed by atoms with van der Waals surface area (Å²) in [6.45, 7) is 0.493. The number of hydrogen-bond acceptors (Lipinski definition) is 4. The van der Waals surface area contributed by atoms with E-state index in [4.69, 9.17) is 14.2 Å². The second-order valence-electron chi connectivity index (χ2n) is 4.19. The number of carbonyl (C=O) groups excluding carboxylic acids is 1. The summed E-state index contributed by atoms with van der Waals surface area (Å²) in [5.41, 5.74) is 0.232. The van der Waals surface area contributed by atoms with E-state index in [9.17, 15) is 9.18 Å². The van der Waals surface area contributed by atoms with E-state index in [2.05, 4.69) is 0 Å². The fourth-order valence-electron chi connectivity index (χ4n) is 1.78. The summed E-state index contributed by atoms with van der Waals surface area (Å²) < 4.78 is 29.2. The summed E-state index contributed by atoms with van der Waals surface area (Å²) in [7, 11) is 1.56. The van der Waals surface area contributed by atoms with Gasteiger partial charge >= 0.3 is 0 Å². The number of hydrogen-bond donors (Lipinski definition) is 0. The Morgan fingerprint density at radius 2 is 1.76 bits per heavy atom. The molecular formula is C16H15FO4. The van der Waals surface area contributed by atoms with Crippen molar-refractivity contribution < 1.29 is 23.4 Å². The smallest absolute Gasteiger partial charge is 0.161 e. The summed E-state index contributed by atoms with van der Waals surface area (Å²) in [6, 6.07) is 11.1. The van der Waals surface area contributed by atoms with Gasteiger partial charge in [-0.15, -0.1) is 0 Å². The molecule has 4 nitrogen and oxygen atoms in total. The molecule has 0 N–H and O–H groups in total. The SMILES string of the molecule is COc1ccccc1OCCOc1cc(F)cc(C=O)c1. The Hall–Kier alpha value is -2.56. The number of ether oxygens (including phenoxy) is 3. The monoisotopic (exact) mass is 290 g/mol. The van der Waals surface area contributed by atoms with E-state index >= 15 is 0 Å². The molecule has 2 aromatic carbocycles. The van der Waals surface area contributed by atoms with E-state index in [1.54, 1.807) is 19.2 Å². The fourth-order valence-corrected chi connectivity index (χ4v) is 1.78. The third kappa shape index (κ3) is 4.21. The highest BCUT2D eigenvalue weighted by Crippen LogP contribution is 2.25. The molecule has 0 bridgehead atoms. The summed E-state index contributed by atoms with van der Waals surface area (Å²) >= 11 is 0. The highest BCUT2D eigenvalue weighted by Gasteiger charge is 2.04. The Morgan fingerprint density at radius 3 is 2.48 bits per heavy atom. The number of benzene rings is 2. The molecule has 0 heterocycles. The van der Waals surface area contributed by atoms with Gasteiger partial charge in [-0.3, -0.25) is 4.79 Å². The van der Waals surface area contributed by atoms with Crippen molar-refractivity contribution in [2.45, 2.75) is 0 Å². The lowest BCUT2D eigenvalue weighted by atomic mass is 10.2. The third-order valence-corrected chi connectivity index (χ3v) is 2.71. The minimum Gasteiger partial charge on any atom is -0.493 e. The molecule has 0 spiro atoms. The van der Waals surface area contributed by atoms with Crippen LogP contribution in [0.15, 0.2) is 42.5 Å². The molecule has 0 aliphatic rings. The normalized spacial score (nSPS) is 10.0. The Kier molecular flexibility index (Phi) is 5.15. The van der Waals surface area contributed by atoms with Gasteiger partial charge in [-0.1, -0.05) is 12.1 Å². The molecule has 0 fully saturated rings. The Bertz CT molecular complexity index is 613. The van der Waals surface area contributed by atoms with Gasteiger partial charge in [0.05, 0.1) is 7.11 Å². The van der Waals surface area contributed by atoms with Crippen LogP contribution in [0.4, 0.5) is 4.39 Å². The molecule has 0 unspecified atom stereocenters. The molecule has 110 valence electrons. The predicted octanol–water partition coefficient (Wildman–Crippen LogP) is 3.10. The topological polar surface area (TPSA) is 44.8 Å². The maximum Gasteiger partial charge on any atom is 0.161 e. The second kappa shape index (κ2) is 7.28. The van der Waals surface area contributed by atoms with Crippen LogP contribution in [0.25, 0.3) is 0 Å². The van der Waals surface area contributed by atoms with E-state index in [1.165, 1.54) is 12.1 Å². The standard InChI is InChI=1S/C16H15FO4/c1-19-15-4-2-3-5-16(15)21-7-6-20-14-9-12(11-18)8-13(17)10-14/h2-5,8-11H,6-7H2,1H3. The zero-order valence-corrected chi connectivity index (χ0v) is 11.5. The molecule has 0 atom stereocenters. The van der Waals surface area contributed by atoms with Gasteiger partial charge < -0.3 is 14.2 Å². The number of methoxy groups -OCH3 is 1. The van der Waals surface area contributed by atoms with Crippen LogP contribution in [0.3, 0.4) is 0 Å². The fraction of sp³-hybridized carbons (Fsp3) is 0.188. The summed E-state index contributed by atoms with van der Waals surface area (Å²) in [6.07, 6.45) is 0.571. The number of carbonyl (C=O) groups is 1. The van der Waals surface area contributed by atoms with Crippen LogP contribution in [0.5, 0.6) is 17.2 Å².